The first kappa shape index (κ1) is 16.2. The quantitative estimate of drug-likeness (QED) is 0.624. The van der Waals surface area contributed by atoms with Gasteiger partial charge in [-0.3, -0.25) is 0 Å². The SMILES string of the molecule is CCNC(=NCc1cc(CC)no1)NCC1(C)CCCS1. The zero-order valence-electron chi connectivity index (χ0n) is 13.2. The van der Waals surface area contributed by atoms with E-state index in [1.165, 1.54) is 18.6 Å². The number of nitrogens with one attached hydrogen (secondary N) is 2. The van der Waals surface area contributed by atoms with Crippen molar-refractivity contribution in [3.63, 3.8) is 0 Å². The second-order valence-electron chi connectivity index (χ2n) is 5.59. The Kier molecular flexibility index (Phi) is 5.96. The van der Waals surface area contributed by atoms with Crippen LogP contribution >= 0.6 is 11.8 Å². The Balaban J connectivity index is 1.89. The Labute approximate surface area is 131 Å². The lowest BCUT2D eigenvalue weighted by Gasteiger charge is -2.24. The fourth-order valence-corrected chi connectivity index (χ4v) is 3.59. The average molecular weight is 310 g/mol. The van der Waals surface area contributed by atoms with Crippen molar-refractivity contribution < 1.29 is 4.52 Å². The van der Waals surface area contributed by atoms with E-state index in [-0.39, 0.29) is 0 Å². The van der Waals surface area contributed by atoms with Gasteiger partial charge in [0.2, 0.25) is 0 Å². The average Bonchev–Trinajstić information content (AvgIpc) is 3.11. The number of guanidine groups is 1. The maximum absolute atomic E-state index is 5.27. The zero-order chi connectivity index (χ0) is 15.1. The Morgan fingerprint density at radius 3 is 2.95 bits per heavy atom. The van der Waals surface area contributed by atoms with Gasteiger partial charge in [-0.05, 0) is 38.9 Å². The minimum Gasteiger partial charge on any atom is -0.359 e. The van der Waals surface area contributed by atoms with Crippen LogP contribution in [0.2, 0.25) is 0 Å². The van der Waals surface area contributed by atoms with Crippen LogP contribution in [0.5, 0.6) is 0 Å². The number of aromatic nitrogens is 1. The molecule has 6 heteroatoms. The van der Waals surface area contributed by atoms with Gasteiger partial charge in [-0.25, -0.2) is 4.99 Å². The molecular formula is C15H26N4OS. The molecule has 2 N–H and O–H groups in total. The highest BCUT2D eigenvalue weighted by molar-refractivity contribution is 8.00. The highest BCUT2D eigenvalue weighted by Gasteiger charge is 2.29. The van der Waals surface area contributed by atoms with Gasteiger partial charge in [-0.15, -0.1) is 0 Å². The first-order chi connectivity index (χ1) is 10.1. The van der Waals surface area contributed by atoms with Crippen molar-refractivity contribution in [1.29, 1.82) is 0 Å². The lowest BCUT2D eigenvalue weighted by molar-refractivity contribution is 0.379. The summed E-state index contributed by atoms with van der Waals surface area (Å²) in [4.78, 5) is 4.57. The van der Waals surface area contributed by atoms with E-state index in [9.17, 15) is 0 Å². The molecule has 0 aromatic carbocycles. The number of hydrogen-bond acceptors (Lipinski definition) is 4. The molecule has 1 aromatic rings. The molecule has 1 unspecified atom stereocenters. The minimum atomic E-state index is 0.331. The van der Waals surface area contributed by atoms with Crippen molar-refractivity contribution in [2.75, 3.05) is 18.8 Å². The maximum atomic E-state index is 5.27. The summed E-state index contributed by atoms with van der Waals surface area (Å²) in [6.45, 7) is 8.78. The minimum absolute atomic E-state index is 0.331. The number of thioether (sulfide) groups is 1. The molecule has 0 amide bonds. The van der Waals surface area contributed by atoms with E-state index < -0.39 is 0 Å². The van der Waals surface area contributed by atoms with Gasteiger partial charge in [-0.1, -0.05) is 12.1 Å². The van der Waals surface area contributed by atoms with Gasteiger partial charge < -0.3 is 15.2 Å². The van der Waals surface area contributed by atoms with Crippen molar-refractivity contribution in [1.82, 2.24) is 15.8 Å². The number of nitrogens with zero attached hydrogens (tertiary/aromatic N) is 2. The third kappa shape index (κ3) is 4.95. The highest BCUT2D eigenvalue weighted by atomic mass is 32.2. The van der Waals surface area contributed by atoms with Crippen LogP contribution in [-0.2, 0) is 13.0 Å². The number of hydrogen-bond donors (Lipinski definition) is 2. The van der Waals surface area contributed by atoms with Gasteiger partial charge in [0.05, 0.1) is 5.69 Å². The van der Waals surface area contributed by atoms with E-state index in [1.807, 2.05) is 6.07 Å². The van der Waals surface area contributed by atoms with Crippen LogP contribution in [0.15, 0.2) is 15.6 Å². The topological polar surface area (TPSA) is 62.5 Å². The molecule has 1 aliphatic rings. The molecule has 2 heterocycles. The van der Waals surface area contributed by atoms with Crippen LogP contribution < -0.4 is 10.6 Å². The Hall–Kier alpha value is -1.17. The summed E-state index contributed by atoms with van der Waals surface area (Å²) in [5.41, 5.74) is 0.980. The van der Waals surface area contributed by atoms with Gasteiger partial charge in [0.1, 0.15) is 6.54 Å². The van der Waals surface area contributed by atoms with E-state index in [1.54, 1.807) is 0 Å². The third-order valence-corrected chi connectivity index (χ3v) is 5.18. The van der Waals surface area contributed by atoms with Gasteiger partial charge in [-0.2, -0.15) is 11.8 Å². The lowest BCUT2D eigenvalue weighted by atomic mass is 10.1. The number of aliphatic imine (C=N–C) groups is 1. The second kappa shape index (κ2) is 7.73. The Morgan fingerprint density at radius 2 is 2.33 bits per heavy atom. The van der Waals surface area contributed by atoms with Gasteiger partial charge >= 0.3 is 0 Å². The lowest BCUT2D eigenvalue weighted by Crippen LogP contribution is -2.43. The molecule has 1 aromatic heterocycles. The van der Waals surface area contributed by atoms with Crippen LogP contribution in [0.1, 0.15) is 45.1 Å². The smallest absolute Gasteiger partial charge is 0.191 e. The summed E-state index contributed by atoms with van der Waals surface area (Å²) in [7, 11) is 0. The standard InChI is InChI=1S/C15H26N4OS/c1-4-12-9-13(20-19-12)10-17-14(16-5-2)18-11-15(3)7-6-8-21-15/h9H,4-8,10-11H2,1-3H3,(H2,16,17,18). The van der Waals surface area contributed by atoms with E-state index in [0.29, 0.717) is 11.3 Å². The number of rotatable bonds is 6. The van der Waals surface area contributed by atoms with Crippen molar-refractivity contribution in [3.8, 4) is 0 Å². The molecule has 1 aliphatic heterocycles. The summed E-state index contributed by atoms with van der Waals surface area (Å²) < 4.78 is 5.60. The highest BCUT2D eigenvalue weighted by Crippen LogP contribution is 2.36. The second-order valence-corrected chi connectivity index (χ2v) is 7.27. The van der Waals surface area contributed by atoms with Crippen LogP contribution in [0.3, 0.4) is 0 Å². The monoisotopic (exact) mass is 310 g/mol. The molecule has 0 radical (unpaired) electrons. The first-order valence-electron chi connectivity index (χ1n) is 7.76. The molecular weight excluding hydrogens is 284 g/mol. The maximum Gasteiger partial charge on any atom is 0.191 e. The molecule has 1 fully saturated rings. The largest absolute Gasteiger partial charge is 0.359 e. The third-order valence-electron chi connectivity index (χ3n) is 3.64. The summed E-state index contributed by atoms with van der Waals surface area (Å²) in [6, 6.07) is 1.97. The van der Waals surface area contributed by atoms with Gasteiger partial charge in [0.25, 0.3) is 0 Å². The van der Waals surface area contributed by atoms with Crippen molar-refractivity contribution >= 4 is 17.7 Å². The van der Waals surface area contributed by atoms with Crippen LogP contribution in [0.4, 0.5) is 0 Å². The zero-order valence-corrected chi connectivity index (χ0v) is 14.1. The molecule has 2 rings (SSSR count). The molecule has 0 saturated carbocycles. The van der Waals surface area contributed by atoms with Gasteiger partial charge in [0, 0.05) is 23.9 Å². The van der Waals surface area contributed by atoms with Crippen LogP contribution in [0.25, 0.3) is 0 Å². The summed E-state index contributed by atoms with van der Waals surface area (Å²) in [5.74, 6) is 2.93. The molecule has 5 nitrogen and oxygen atoms in total. The van der Waals surface area contributed by atoms with Crippen LogP contribution in [-0.4, -0.2) is 34.7 Å². The number of aryl methyl sites for hydroxylation is 1. The Bertz CT molecular complexity index is 466. The van der Waals surface area contributed by atoms with E-state index in [0.717, 1.165) is 36.9 Å². The molecule has 118 valence electrons. The van der Waals surface area contributed by atoms with E-state index in [4.69, 9.17) is 4.52 Å². The van der Waals surface area contributed by atoms with Crippen molar-refractivity contribution in [2.24, 2.45) is 4.99 Å². The van der Waals surface area contributed by atoms with E-state index in [2.05, 4.69) is 53.3 Å². The van der Waals surface area contributed by atoms with Gasteiger partial charge in [0.15, 0.2) is 11.7 Å². The summed E-state index contributed by atoms with van der Waals surface area (Å²) in [6.07, 6.45) is 3.47. The Morgan fingerprint density at radius 1 is 1.48 bits per heavy atom. The molecule has 1 saturated heterocycles. The molecule has 0 bridgehead atoms. The summed E-state index contributed by atoms with van der Waals surface area (Å²) in [5, 5.41) is 10.7. The predicted octanol–water partition coefficient (Wildman–Crippen LogP) is 2.58. The molecule has 21 heavy (non-hydrogen) atoms. The first-order valence-corrected chi connectivity index (χ1v) is 8.74. The fraction of sp³-hybridized carbons (Fsp3) is 0.733. The van der Waals surface area contributed by atoms with Crippen molar-refractivity contribution in [3.05, 3.63) is 17.5 Å². The molecule has 0 aliphatic carbocycles. The fourth-order valence-electron chi connectivity index (χ4n) is 2.34. The van der Waals surface area contributed by atoms with Crippen LogP contribution in [0, 0.1) is 0 Å². The molecule has 0 spiro atoms. The van der Waals surface area contributed by atoms with E-state index >= 15 is 0 Å². The molecule has 1 atom stereocenters. The predicted molar refractivity (Wildman–Crippen MR) is 88.8 cm³/mol. The normalized spacial score (nSPS) is 22.5. The van der Waals surface area contributed by atoms with Crippen molar-refractivity contribution in [2.45, 2.75) is 51.3 Å². The summed E-state index contributed by atoms with van der Waals surface area (Å²) >= 11 is 2.05.